The van der Waals surface area contributed by atoms with E-state index in [0.717, 1.165) is 4.90 Å². The van der Waals surface area contributed by atoms with Gasteiger partial charge in [-0.1, -0.05) is 6.92 Å². The van der Waals surface area contributed by atoms with Crippen LogP contribution in [0.5, 0.6) is 0 Å². The van der Waals surface area contributed by atoms with E-state index < -0.39 is 0 Å². The first kappa shape index (κ1) is 12.1. The Morgan fingerprint density at radius 1 is 1.33 bits per heavy atom. The van der Waals surface area contributed by atoms with Crippen LogP contribution in [0, 0.1) is 17.2 Å². The SMILES string of the molecule is CC1CC(=O)N(c2ccc(C#N)cc2N)C(=O)C1. The molecule has 5 heteroatoms. The third-order valence-corrected chi connectivity index (χ3v) is 2.94. The molecule has 0 aromatic heterocycles. The molecule has 0 unspecified atom stereocenters. The number of carbonyl (C=O) groups excluding carboxylic acids is 2. The number of amides is 2. The van der Waals surface area contributed by atoms with Crippen LogP contribution < -0.4 is 10.6 Å². The molecule has 1 aromatic rings. The highest BCUT2D eigenvalue weighted by Gasteiger charge is 2.32. The van der Waals surface area contributed by atoms with Crippen molar-refractivity contribution in [1.82, 2.24) is 0 Å². The molecule has 0 spiro atoms. The average molecular weight is 243 g/mol. The summed E-state index contributed by atoms with van der Waals surface area (Å²) in [5.74, 6) is -0.411. The van der Waals surface area contributed by atoms with Crippen molar-refractivity contribution in [1.29, 1.82) is 5.26 Å². The van der Waals surface area contributed by atoms with Gasteiger partial charge in [0.05, 0.1) is 23.0 Å². The van der Waals surface area contributed by atoms with E-state index in [1.807, 2.05) is 13.0 Å². The average Bonchev–Trinajstić information content (AvgIpc) is 2.29. The van der Waals surface area contributed by atoms with Gasteiger partial charge in [-0.25, -0.2) is 4.90 Å². The number of nitrogens with zero attached hydrogens (tertiary/aromatic N) is 2. The van der Waals surface area contributed by atoms with E-state index in [-0.39, 0.29) is 23.4 Å². The van der Waals surface area contributed by atoms with E-state index in [0.29, 0.717) is 24.1 Å². The van der Waals surface area contributed by atoms with Crippen molar-refractivity contribution in [2.75, 3.05) is 10.6 Å². The summed E-state index contributed by atoms with van der Waals surface area (Å²) in [6, 6.07) is 6.51. The van der Waals surface area contributed by atoms with Crippen LogP contribution in [0.25, 0.3) is 0 Å². The minimum Gasteiger partial charge on any atom is -0.397 e. The fraction of sp³-hybridized carbons (Fsp3) is 0.308. The van der Waals surface area contributed by atoms with Gasteiger partial charge in [0.1, 0.15) is 0 Å². The van der Waals surface area contributed by atoms with E-state index in [2.05, 4.69) is 0 Å². The molecule has 1 aliphatic rings. The summed E-state index contributed by atoms with van der Waals surface area (Å²) < 4.78 is 0. The monoisotopic (exact) mass is 243 g/mol. The minimum atomic E-state index is -0.241. The molecule has 2 amide bonds. The maximum absolute atomic E-state index is 11.9. The standard InChI is InChI=1S/C13H13N3O2/c1-8-4-12(17)16(13(18)5-8)11-3-2-9(7-14)6-10(11)15/h2-3,6,8H,4-5,15H2,1H3. The van der Waals surface area contributed by atoms with Crippen molar-refractivity contribution in [3.05, 3.63) is 23.8 Å². The Labute approximate surface area is 105 Å². The molecule has 1 saturated heterocycles. The topological polar surface area (TPSA) is 87.2 Å². The summed E-state index contributed by atoms with van der Waals surface area (Å²) in [7, 11) is 0. The molecular weight excluding hydrogens is 230 g/mol. The molecule has 0 aliphatic carbocycles. The number of hydrogen-bond acceptors (Lipinski definition) is 4. The molecule has 5 nitrogen and oxygen atoms in total. The number of piperidine rings is 1. The van der Waals surface area contributed by atoms with Gasteiger partial charge in [-0.3, -0.25) is 9.59 Å². The Morgan fingerprint density at radius 2 is 1.94 bits per heavy atom. The van der Waals surface area contributed by atoms with Gasteiger partial charge >= 0.3 is 0 Å². The summed E-state index contributed by atoms with van der Waals surface area (Å²) >= 11 is 0. The number of hydrogen-bond donors (Lipinski definition) is 1. The second-order valence-electron chi connectivity index (χ2n) is 4.52. The van der Waals surface area contributed by atoms with Gasteiger partial charge in [0.15, 0.2) is 0 Å². The fourth-order valence-corrected chi connectivity index (χ4v) is 2.09. The van der Waals surface area contributed by atoms with Crippen molar-refractivity contribution in [3.8, 4) is 6.07 Å². The molecule has 92 valence electrons. The third kappa shape index (κ3) is 2.05. The van der Waals surface area contributed by atoms with E-state index in [1.165, 1.54) is 6.07 Å². The predicted molar refractivity (Wildman–Crippen MR) is 66.5 cm³/mol. The van der Waals surface area contributed by atoms with Crippen LogP contribution in [0.3, 0.4) is 0 Å². The lowest BCUT2D eigenvalue weighted by Gasteiger charge is -2.29. The molecule has 1 heterocycles. The summed E-state index contributed by atoms with van der Waals surface area (Å²) in [6.07, 6.45) is 0.677. The first-order valence-electron chi connectivity index (χ1n) is 5.68. The number of imide groups is 1. The zero-order valence-corrected chi connectivity index (χ0v) is 10.0. The first-order valence-corrected chi connectivity index (χ1v) is 5.68. The number of rotatable bonds is 1. The van der Waals surface area contributed by atoms with Crippen LogP contribution in [0.2, 0.25) is 0 Å². The summed E-state index contributed by atoms with van der Waals surface area (Å²) in [5.41, 5.74) is 6.83. The second kappa shape index (κ2) is 4.49. The Kier molecular flexibility index (Phi) is 3.02. The Morgan fingerprint density at radius 3 is 2.44 bits per heavy atom. The number of nitriles is 1. The maximum Gasteiger partial charge on any atom is 0.234 e. The van der Waals surface area contributed by atoms with Gasteiger partial charge < -0.3 is 5.73 Å². The van der Waals surface area contributed by atoms with Crippen molar-refractivity contribution in [2.24, 2.45) is 5.92 Å². The molecule has 1 fully saturated rings. The van der Waals surface area contributed by atoms with E-state index >= 15 is 0 Å². The quantitative estimate of drug-likeness (QED) is 0.597. The Balaban J connectivity index is 2.40. The smallest absolute Gasteiger partial charge is 0.234 e. The van der Waals surface area contributed by atoms with Gasteiger partial charge in [-0.15, -0.1) is 0 Å². The lowest BCUT2D eigenvalue weighted by Crippen LogP contribution is -2.43. The fourth-order valence-electron chi connectivity index (χ4n) is 2.09. The number of anilines is 2. The third-order valence-electron chi connectivity index (χ3n) is 2.94. The highest BCUT2D eigenvalue weighted by atomic mass is 16.2. The van der Waals surface area contributed by atoms with Crippen molar-refractivity contribution in [3.63, 3.8) is 0 Å². The van der Waals surface area contributed by atoms with Crippen molar-refractivity contribution >= 4 is 23.2 Å². The molecule has 2 N–H and O–H groups in total. The predicted octanol–water partition coefficient (Wildman–Crippen LogP) is 1.43. The number of carbonyl (C=O) groups is 2. The van der Waals surface area contributed by atoms with Crippen LogP contribution in [-0.4, -0.2) is 11.8 Å². The zero-order chi connectivity index (χ0) is 13.3. The summed E-state index contributed by atoms with van der Waals surface area (Å²) in [6.45, 7) is 1.87. The molecule has 0 bridgehead atoms. The van der Waals surface area contributed by atoms with E-state index in [1.54, 1.807) is 12.1 Å². The van der Waals surface area contributed by atoms with Crippen LogP contribution in [0.15, 0.2) is 18.2 Å². The Bertz CT molecular complexity index is 542. The molecule has 1 aromatic carbocycles. The van der Waals surface area contributed by atoms with Gasteiger partial charge in [-0.2, -0.15) is 5.26 Å². The molecular formula is C13H13N3O2. The highest BCUT2D eigenvalue weighted by molar-refractivity contribution is 6.18. The van der Waals surface area contributed by atoms with E-state index in [4.69, 9.17) is 11.0 Å². The van der Waals surface area contributed by atoms with Crippen LogP contribution in [-0.2, 0) is 9.59 Å². The number of nitrogens with two attached hydrogens (primary N) is 1. The molecule has 18 heavy (non-hydrogen) atoms. The van der Waals surface area contributed by atoms with Gasteiger partial charge in [-0.05, 0) is 24.1 Å². The van der Waals surface area contributed by atoms with Crippen molar-refractivity contribution in [2.45, 2.75) is 19.8 Å². The van der Waals surface area contributed by atoms with Crippen molar-refractivity contribution < 1.29 is 9.59 Å². The van der Waals surface area contributed by atoms with Gasteiger partial charge in [0, 0.05) is 12.8 Å². The molecule has 0 radical (unpaired) electrons. The lowest BCUT2D eigenvalue weighted by atomic mass is 9.97. The van der Waals surface area contributed by atoms with Crippen LogP contribution >= 0.6 is 0 Å². The largest absolute Gasteiger partial charge is 0.397 e. The molecule has 0 atom stereocenters. The molecule has 0 saturated carbocycles. The molecule has 2 rings (SSSR count). The van der Waals surface area contributed by atoms with Crippen LogP contribution in [0.1, 0.15) is 25.3 Å². The summed E-state index contributed by atoms with van der Waals surface area (Å²) in [5, 5.41) is 8.75. The second-order valence-corrected chi connectivity index (χ2v) is 4.52. The van der Waals surface area contributed by atoms with Crippen LogP contribution in [0.4, 0.5) is 11.4 Å². The van der Waals surface area contributed by atoms with Gasteiger partial charge in [0.2, 0.25) is 11.8 Å². The zero-order valence-electron chi connectivity index (χ0n) is 10.0. The van der Waals surface area contributed by atoms with Gasteiger partial charge in [0.25, 0.3) is 0 Å². The Hall–Kier alpha value is -2.35. The highest BCUT2D eigenvalue weighted by Crippen LogP contribution is 2.30. The van der Waals surface area contributed by atoms with E-state index in [9.17, 15) is 9.59 Å². The number of nitrogen functional groups attached to an aromatic ring is 1. The minimum absolute atomic E-state index is 0.0702. The normalized spacial score (nSPS) is 16.8. The maximum atomic E-state index is 11.9. The molecule has 1 aliphatic heterocycles. The number of benzene rings is 1. The first-order chi connectivity index (χ1) is 8.52. The lowest BCUT2D eigenvalue weighted by molar-refractivity contribution is -0.130. The summed E-state index contributed by atoms with van der Waals surface area (Å²) in [4.78, 5) is 24.9.